The first kappa shape index (κ1) is 27.2. The van der Waals surface area contributed by atoms with Crippen LogP contribution in [0.15, 0.2) is 42.5 Å². The minimum atomic E-state index is -1.01. The van der Waals surface area contributed by atoms with Gasteiger partial charge in [-0.2, -0.15) is 0 Å². The quantitative estimate of drug-likeness (QED) is 0.383. The molecule has 0 saturated heterocycles. The molecule has 7 nitrogen and oxygen atoms in total. The Bertz CT molecular complexity index is 1050. The van der Waals surface area contributed by atoms with Crippen molar-refractivity contribution in [3.05, 3.63) is 59.2 Å². The van der Waals surface area contributed by atoms with Crippen molar-refractivity contribution < 1.29 is 19.5 Å². The monoisotopic (exact) mass is 467 g/mol. The molecule has 0 aliphatic rings. The smallest absolute Gasteiger partial charge is 0.255 e. The molecule has 0 radical (unpaired) electrons. The fraction of sp³-hybridized carbons (Fsp3) is 0.444. The number of anilines is 2. The summed E-state index contributed by atoms with van der Waals surface area (Å²) in [6.45, 7) is 13.4. The topological polar surface area (TPSA) is 108 Å². The summed E-state index contributed by atoms with van der Waals surface area (Å²) in [6, 6.07) is 11.9. The van der Waals surface area contributed by atoms with Crippen LogP contribution in [0, 0.1) is 5.41 Å². The van der Waals surface area contributed by atoms with Crippen LogP contribution in [0.1, 0.15) is 79.5 Å². The lowest BCUT2D eigenvalue weighted by atomic mass is 9.83. The molecule has 2 aromatic carbocycles. The molecule has 184 valence electrons. The normalized spacial score (nSPS) is 12.7. The van der Waals surface area contributed by atoms with Crippen molar-refractivity contribution in [3.63, 3.8) is 0 Å². The van der Waals surface area contributed by atoms with Crippen molar-refractivity contribution in [2.45, 2.75) is 60.1 Å². The molecule has 0 aromatic heterocycles. The Hall–Kier alpha value is -3.03. The predicted molar refractivity (Wildman–Crippen MR) is 137 cm³/mol. The van der Waals surface area contributed by atoms with E-state index in [-0.39, 0.29) is 29.2 Å². The molecule has 0 spiro atoms. The Balaban J connectivity index is 2.46. The van der Waals surface area contributed by atoms with E-state index >= 15 is 0 Å². The van der Waals surface area contributed by atoms with Crippen LogP contribution >= 0.6 is 0 Å². The molecular weight excluding hydrogens is 430 g/mol. The SMILES string of the molecule is CCNc1cccc(NC(=O)c2cc(C(=O)C(C)(C)C)cc(C(=O)C(C)(C)NCC(C)O)c2)c1. The number of carbonyl (C=O) groups is 3. The zero-order valence-corrected chi connectivity index (χ0v) is 21.2. The highest BCUT2D eigenvalue weighted by molar-refractivity contribution is 6.11. The van der Waals surface area contributed by atoms with Crippen molar-refractivity contribution in [2.24, 2.45) is 5.41 Å². The van der Waals surface area contributed by atoms with E-state index in [0.29, 0.717) is 11.3 Å². The van der Waals surface area contributed by atoms with Crippen LogP contribution in [0.3, 0.4) is 0 Å². The van der Waals surface area contributed by atoms with Crippen molar-refractivity contribution in [1.82, 2.24) is 5.32 Å². The van der Waals surface area contributed by atoms with E-state index in [1.54, 1.807) is 53.7 Å². The molecule has 34 heavy (non-hydrogen) atoms. The second kappa shape index (κ2) is 10.9. The highest BCUT2D eigenvalue weighted by atomic mass is 16.3. The van der Waals surface area contributed by atoms with Gasteiger partial charge in [-0.3, -0.25) is 14.4 Å². The van der Waals surface area contributed by atoms with Crippen LogP contribution in [0.25, 0.3) is 0 Å². The lowest BCUT2D eigenvalue weighted by Crippen LogP contribution is -2.49. The molecule has 2 rings (SSSR count). The van der Waals surface area contributed by atoms with Crippen molar-refractivity contribution in [1.29, 1.82) is 0 Å². The Morgan fingerprint density at radius 3 is 2.00 bits per heavy atom. The highest BCUT2D eigenvalue weighted by Gasteiger charge is 2.31. The van der Waals surface area contributed by atoms with Gasteiger partial charge >= 0.3 is 0 Å². The summed E-state index contributed by atoms with van der Waals surface area (Å²) >= 11 is 0. The van der Waals surface area contributed by atoms with Gasteiger partial charge in [0.2, 0.25) is 0 Å². The summed E-state index contributed by atoms with van der Waals surface area (Å²) in [6.07, 6.45) is -0.625. The van der Waals surface area contributed by atoms with Gasteiger partial charge < -0.3 is 21.1 Å². The number of aliphatic hydroxyl groups is 1. The molecular formula is C27H37N3O4. The number of β-amino-alcohol motifs (C(OH)–C–C–N with tert-alkyl or cyclic N) is 1. The van der Waals surface area contributed by atoms with Crippen LogP contribution < -0.4 is 16.0 Å². The summed E-state index contributed by atoms with van der Waals surface area (Å²) in [5.74, 6) is -0.860. The van der Waals surface area contributed by atoms with Gasteiger partial charge in [0.25, 0.3) is 5.91 Å². The predicted octanol–water partition coefficient (Wildman–Crippen LogP) is 4.53. The number of amides is 1. The summed E-state index contributed by atoms with van der Waals surface area (Å²) in [5, 5.41) is 18.7. The molecule has 2 aromatic rings. The zero-order chi connectivity index (χ0) is 25.7. The molecule has 0 heterocycles. The van der Waals surface area contributed by atoms with Gasteiger partial charge in [-0.15, -0.1) is 0 Å². The average molecular weight is 468 g/mol. The van der Waals surface area contributed by atoms with E-state index in [1.165, 1.54) is 12.1 Å². The molecule has 0 saturated carbocycles. The second-order valence-corrected chi connectivity index (χ2v) is 10.1. The molecule has 0 aliphatic carbocycles. The first-order valence-corrected chi connectivity index (χ1v) is 11.6. The maximum absolute atomic E-state index is 13.4. The standard InChI is InChI=1S/C27H37N3O4/c1-8-28-21-10-9-11-22(15-21)30-25(34)20-13-18(23(32)26(3,4)5)12-19(14-20)24(33)27(6,7)29-16-17(2)31/h9-15,17,28-29,31H,8,16H2,1-7H3,(H,30,34). The molecule has 4 N–H and O–H groups in total. The summed E-state index contributed by atoms with van der Waals surface area (Å²) in [5.41, 5.74) is 0.561. The Morgan fingerprint density at radius 1 is 0.882 bits per heavy atom. The number of ketones is 2. The average Bonchev–Trinajstić information content (AvgIpc) is 2.76. The molecule has 1 amide bonds. The van der Waals surface area contributed by atoms with Gasteiger partial charge in [-0.05, 0) is 64.1 Å². The maximum Gasteiger partial charge on any atom is 0.255 e. The van der Waals surface area contributed by atoms with Crippen molar-refractivity contribution in [2.75, 3.05) is 23.7 Å². The highest BCUT2D eigenvalue weighted by Crippen LogP contribution is 2.25. The van der Waals surface area contributed by atoms with E-state index < -0.39 is 23.0 Å². The number of nitrogens with one attached hydrogen (secondary N) is 3. The number of hydrogen-bond donors (Lipinski definition) is 4. The van der Waals surface area contributed by atoms with Gasteiger partial charge in [0.15, 0.2) is 11.6 Å². The van der Waals surface area contributed by atoms with Gasteiger partial charge in [-0.1, -0.05) is 26.8 Å². The molecule has 7 heteroatoms. The van der Waals surface area contributed by atoms with Crippen LogP contribution in [-0.4, -0.2) is 47.3 Å². The van der Waals surface area contributed by atoms with Crippen LogP contribution in [0.5, 0.6) is 0 Å². The van der Waals surface area contributed by atoms with Gasteiger partial charge in [-0.25, -0.2) is 0 Å². The van der Waals surface area contributed by atoms with Crippen molar-refractivity contribution >= 4 is 28.8 Å². The third kappa shape index (κ3) is 7.23. The lowest BCUT2D eigenvalue weighted by Gasteiger charge is -2.26. The number of carbonyl (C=O) groups excluding carboxylic acids is 3. The summed E-state index contributed by atoms with van der Waals surface area (Å²) < 4.78 is 0. The number of hydrogen-bond acceptors (Lipinski definition) is 6. The van der Waals surface area contributed by atoms with Gasteiger partial charge in [0.05, 0.1) is 11.6 Å². The Labute approximate surface area is 202 Å². The third-order valence-electron chi connectivity index (χ3n) is 5.31. The van der Waals surface area contributed by atoms with E-state index in [9.17, 15) is 19.5 Å². The summed E-state index contributed by atoms with van der Waals surface area (Å²) in [4.78, 5) is 39.6. The number of aliphatic hydroxyl groups excluding tert-OH is 1. The van der Waals surface area contributed by atoms with Crippen molar-refractivity contribution in [3.8, 4) is 0 Å². The van der Waals surface area contributed by atoms with E-state index in [4.69, 9.17) is 0 Å². The van der Waals surface area contributed by atoms with Crippen LogP contribution in [-0.2, 0) is 0 Å². The molecule has 0 bridgehead atoms. The fourth-order valence-corrected chi connectivity index (χ4v) is 3.41. The minimum absolute atomic E-state index is 0.167. The Morgan fingerprint density at radius 2 is 1.44 bits per heavy atom. The van der Waals surface area contributed by atoms with Gasteiger partial charge in [0, 0.05) is 46.6 Å². The van der Waals surface area contributed by atoms with Gasteiger partial charge in [0.1, 0.15) is 0 Å². The summed E-state index contributed by atoms with van der Waals surface area (Å²) in [7, 11) is 0. The first-order valence-electron chi connectivity index (χ1n) is 11.6. The first-order chi connectivity index (χ1) is 15.7. The number of rotatable bonds is 10. The van der Waals surface area contributed by atoms with E-state index in [0.717, 1.165) is 12.2 Å². The zero-order valence-electron chi connectivity index (χ0n) is 21.2. The minimum Gasteiger partial charge on any atom is -0.392 e. The largest absolute Gasteiger partial charge is 0.392 e. The maximum atomic E-state index is 13.4. The molecule has 0 fully saturated rings. The van der Waals surface area contributed by atoms with E-state index in [1.807, 2.05) is 25.1 Å². The van der Waals surface area contributed by atoms with E-state index in [2.05, 4.69) is 16.0 Å². The third-order valence-corrected chi connectivity index (χ3v) is 5.31. The fourth-order valence-electron chi connectivity index (χ4n) is 3.41. The number of benzene rings is 2. The van der Waals surface area contributed by atoms with Crippen LogP contribution in [0.4, 0.5) is 11.4 Å². The van der Waals surface area contributed by atoms with Crippen LogP contribution in [0.2, 0.25) is 0 Å². The molecule has 1 unspecified atom stereocenters. The molecule has 0 aliphatic heterocycles. The Kier molecular flexibility index (Phi) is 8.75. The number of Topliss-reactive ketones (excluding diaryl/α,β-unsaturated/α-hetero) is 2. The second-order valence-electron chi connectivity index (χ2n) is 10.1. The molecule has 1 atom stereocenters. The lowest BCUT2D eigenvalue weighted by molar-refractivity contribution is 0.0858.